The minimum absolute atomic E-state index is 0.0336. The van der Waals surface area contributed by atoms with Gasteiger partial charge in [0.2, 0.25) is 0 Å². The highest BCUT2D eigenvalue weighted by Crippen LogP contribution is 2.30. The number of rotatable bonds is 6. The van der Waals surface area contributed by atoms with Crippen molar-refractivity contribution in [2.24, 2.45) is 0 Å². The smallest absolute Gasteiger partial charge is 0.310 e. The lowest BCUT2D eigenvalue weighted by molar-refractivity contribution is -0.146. The number of furan rings is 1. The van der Waals surface area contributed by atoms with Crippen LogP contribution >= 0.6 is 0 Å². The zero-order valence-electron chi connectivity index (χ0n) is 16.8. The number of hydrogen-bond donors (Lipinski definition) is 1. The van der Waals surface area contributed by atoms with Gasteiger partial charge in [-0.3, -0.25) is 9.59 Å². The first-order valence-corrected chi connectivity index (χ1v) is 9.62. The lowest BCUT2D eigenvalue weighted by Crippen LogP contribution is -2.21. The molecule has 0 saturated heterocycles. The van der Waals surface area contributed by atoms with Crippen LogP contribution in [0.15, 0.2) is 71.3 Å². The molecule has 1 aromatic heterocycles. The van der Waals surface area contributed by atoms with Gasteiger partial charge in [0.25, 0.3) is 5.91 Å². The number of carbonyl (C=O) groups is 2. The average Bonchev–Trinajstić information content (AvgIpc) is 3.16. The Morgan fingerprint density at radius 3 is 2.53 bits per heavy atom. The largest absolute Gasteiger partial charge is 0.464 e. The molecule has 1 heterocycles. The van der Waals surface area contributed by atoms with E-state index in [1.54, 1.807) is 18.4 Å². The molecule has 0 unspecified atom stereocenters. The van der Waals surface area contributed by atoms with Gasteiger partial charge in [0.15, 0.2) is 6.61 Å². The molecule has 0 bridgehead atoms. The third kappa shape index (κ3) is 4.12. The Hall–Kier alpha value is -3.80. The Morgan fingerprint density at radius 1 is 1.00 bits per heavy atom. The SMILES string of the molecule is CN(C)c1ccc(NC(=O)COC(=O)Cc2coc3ccc4ccccc4c23)cc1. The van der Waals surface area contributed by atoms with Crippen LogP contribution in [0.2, 0.25) is 0 Å². The van der Waals surface area contributed by atoms with Gasteiger partial charge < -0.3 is 19.4 Å². The van der Waals surface area contributed by atoms with Crippen LogP contribution in [0.4, 0.5) is 11.4 Å². The van der Waals surface area contributed by atoms with Crippen molar-refractivity contribution in [3.05, 3.63) is 72.5 Å². The average molecular weight is 402 g/mol. The van der Waals surface area contributed by atoms with Gasteiger partial charge in [0.05, 0.1) is 12.7 Å². The van der Waals surface area contributed by atoms with Gasteiger partial charge in [-0.2, -0.15) is 0 Å². The van der Waals surface area contributed by atoms with Gasteiger partial charge >= 0.3 is 5.97 Å². The molecular formula is C24H22N2O4. The standard InChI is InChI=1S/C24H22N2O4/c1-26(2)19-10-8-18(9-11-19)25-22(27)15-30-23(28)13-17-14-29-21-12-7-16-5-3-4-6-20(16)24(17)21/h3-12,14H,13,15H2,1-2H3,(H,25,27). The number of carbonyl (C=O) groups excluding carboxylic acids is 2. The highest BCUT2D eigenvalue weighted by molar-refractivity contribution is 6.08. The summed E-state index contributed by atoms with van der Waals surface area (Å²) in [5.41, 5.74) is 3.13. The zero-order valence-corrected chi connectivity index (χ0v) is 16.8. The summed E-state index contributed by atoms with van der Waals surface area (Å²) in [7, 11) is 3.89. The molecule has 152 valence electrons. The topological polar surface area (TPSA) is 71.8 Å². The Labute approximate surface area is 174 Å². The number of esters is 1. The van der Waals surface area contributed by atoms with Gasteiger partial charge in [0.1, 0.15) is 5.58 Å². The summed E-state index contributed by atoms with van der Waals surface area (Å²) in [6.45, 7) is -0.342. The monoisotopic (exact) mass is 402 g/mol. The lowest BCUT2D eigenvalue weighted by Gasteiger charge is -2.13. The van der Waals surface area contributed by atoms with Crippen LogP contribution in [0.3, 0.4) is 0 Å². The molecule has 1 amide bonds. The van der Waals surface area contributed by atoms with E-state index in [0.29, 0.717) is 5.69 Å². The second-order valence-electron chi connectivity index (χ2n) is 7.25. The number of ether oxygens (including phenoxy) is 1. The minimum atomic E-state index is -0.483. The zero-order chi connectivity index (χ0) is 21.1. The lowest BCUT2D eigenvalue weighted by atomic mass is 10.0. The van der Waals surface area contributed by atoms with Crippen molar-refractivity contribution < 1.29 is 18.7 Å². The number of nitrogens with one attached hydrogen (secondary N) is 1. The van der Waals surface area contributed by atoms with Gasteiger partial charge in [-0.1, -0.05) is 30.3 Å². The summed E-state index contributed by atoms with van der Waals surface area (Å²) < 4.78 is 10.8. The fourth-order valence-electron chi connectivity index (χ4n) is 3.40. The van der Waals surface area contributed by atoms with Gasteiger partial charge in [-0.25, -0.2) is 0 Å². The molecule has 1 N–H and O–H groups in total. The van der Waals surface area contributed by atoms with Crippen LogP contribution in [-0.2, 0) is 20.7 Å². The van der Waals surface area contributed by atoms with Gasteiger partial charge in [0, 0.05) is 36.4 Å². The van der Waals surface area contributed by atoms with Crippen molar-refractivity contribution in [2.75, 3.05) is 30.9 Å². The maximum atomic E-state index is 12.3. The molecule has 0 saturated carbocycles. The van der Waals surface area contributed by atoms with E-state index < -0.39 is 5.97 Å². The summed E-state index contributed by atoms with van der Waals surface area (Å²) in [5.74, 6) is -0.868. The third-order valence-electron chi connectivity index (χ3n) is 4.91. The number of benzene rings is 3. The van der Waals surface area contributed by atoms with Crippen molar-refractivity contribution in [3.63, 3.8) is 0 Å². The van der Waals surface area contributed by atoms with Gasteiger partial charge in [-0.05, 0) is 41.1 Å². The predicted molar refractivity (Wildman–Crippen MR) is 118 cm³/mol. The second kappa shape index (κ2) is 8.29. The highest BCUT2D eigenvalue weighted by Gasteiger charge is 2.15. The Kier molecular flexibility index (Phi) is 5.39. The second-order valence-corrected chi connectivity index (χ2v) is 7.25. The number of anilines is 2. The molecule has 3 aromatic carbocycles. The molecule has 0 atom stereocenters. The van der Waals surface area contributed by atoms with Crippen molar-refractivity contribution in [1.82, 2.24) is 0 Å². The van der Waals surface area contributed by atoms with E-state index >= 15 is 0 Å². The van der Waals surface area contributed by atoms with Crippen LogP contribution < -0.4 is 10.2 Å². The molecule has 0 aliphatic carbocycles. The van der Waals surface area contributed by atoms with Crippen LogP contribution in [0.1, 0.15) is 5.56 Å². The Balaban J connectivity index is 1.38. The van der Waals surface area contributed by atoms with Crippen LogP contribution in [0.5, 0.6) is 0 Å². The van der Waals surface area contributed by atoms with Crippen molar-refractivity contribution in [2.45, 2.75) is 6.42 Å². The Bertz CT molecular complexity index is 1210. The maximum absolute atomic E-state index is 12.3. The maximum Gasteiger partial charge on any atom is 0.310 e. The van der Waals surface area contributed by atoms with Crippen LogP contribution in [0.25, 0.3) is 21.7 Å². The summed E-state index contributed by atoms with van der Waals surface area (Å²) >= 11 is 0. The molecule has 0 spiro atoms. The number of amides is 1. The minimum Gasteiger partial charge on any atom is -0.464 e. The van der Waals surface area contributed by atoms with E-state index in [0.717, 1.165) is 33.0 Å². The first-order valence-electron chi connectivity index (χ1n) is 9.62. The first-order chi connectivity index (χ1) is 14.5. The normalized spacial score (nSPS) is 10.9. The van der Waals surface area contributed by atoms with Crippen molar-refractivity contribution in [1.29, 1.82) is 0 Å². The van der Waals surface area contributed by atoms with E-state index in [2.05, 4.69) is 5.32 Å². The third-order valence-corrected chi connectivity index (χ3v) is 4.91. The number of fused-ring (bicyclic) bond motifs is 3. The molecule has 0 radical (unpaired) electrons. The van der Waals surface area contributed by atoms with E-state index in [-0.39, 0.29) is 18.9 Å². The molecule has 4 aromatic rings. The van der Waals surface area contributed by atoms with E-state index in [1.807, 2.05) is 67.5 Å². The summed E-state index contributed by atoms with van der Waals surface area (Å²) in [5, 5.41) is 5.71. The molecule has 0 aliphatic heterocycles. The van der Waals surface area contributed by atoms with Crippen LogP contribution in [-0.4, -0.2) is 32.6 Å². The molecule has 0 fully saturated rings. The molecule has 6 nitrogen and oxygen atoms in total. The number of nitrogens with zero attached hydrogens (tertiary/aromatic N) is 1. The van der Waals surface area contributed by atoms with E-state index in [9.17, 15) is 9.59 Å². The molecular weight excluding hydrogens is 380 g/mol. The first kappa shape index (κ1) is 19.5. The van der Waals surface area contributed by atoms with Crippen molar-refractivity contribution in [3.8, 4) is 0 Å². The van der Waals surface area contributed by atoms with Crippen LogP contribution in [0, 0.1) is 0 Å². The Morgan fingerprint density at radius 2 is 1.77 bits per heavy atom. The van der Waals surface area contributed by atoms with Crippen molar-refractivity contribution >= 4 is 45.0 Å². The number of hydrogen-bond acceptors (Lipinski definition) is 5. The van der Waals surface area contributed by atoms with E-state index in [1.165, 1.54) is 0 Å². The summed E-state index contributed by atoms with van der Waals surface area (Å²) in [4.78, 5) is 26.4. The fourth-order valence-corrected chi connectivity index (χ4v) is 3.40. The predicted octanol–water partition coefficient (Wildman–Crippen LogP) is 4.38. The van der Waals surface area contributed by atoms with E-state index in [4.69, 9.17) is 9.15 Å². The molecule has 6 heteroatoms. The summed E-state index contributed by atoms with van der Waals surface area (Å²) in [6, 6.07) is 19.2. The highest BCUT2D eigenvalue weighted by atomic mass is 16.5. The molecule has 30 heavy (non-hydrogen) atoms. The quantitative estimate of drug-likeness (QED) is 0.485. The molecule has 4 rings (SSSR count). The molecule has 0 aliphatic rings. The summed E-state index contributed by atoms with van der Waals surface area (Å²) in [6.07, 6.45) is 1.61. The fraction of sp³-hybridized carbons (Fsp3) is 0.167. The van der Waals surface area contributed by atoms with Gasteiger partial charge in [-0.15, -0.1) is 0 Å².